The highest BCUT2D eigenvalue weighted by Gasteiger charge is 2.09. The van der Waals surface area contributed by atoms with E-state index in [0.717, 1.165) is 3.57 Å². The predicted molar refractivity (Wildman–Crippen MR) is 81.1 cm³/mol. The van der Waals surface area contributed by atoms with Crippen molar-refractivity contribution in [3.8, 4) is 0 Å². The summed E-state index contributed by atoms with van der Waals surface area (Å²) in [6, 6.07) is 5.22. The number of rotatable bonds is 6. The van der Waals surface area contributed by atoms with Crippen LogP contribution >= 0.6 is 34.2 Å². The van der Waals surface area contributed by atoms with Gasteiger partial charge in [0.25, 0.3) is 5.91 Å². The Balaban J connectivity index is 2.39. The van der Waals surface area contributed by atoms with Gasteiger partial charge in [0.15, 0.2) is 0 Å². The lowest BCUT2D eigenvalue weighted by Crippen LogP contribution is -2.34. The number of halogens is 2. The highest BCUT2D eigenvalue weighted by atomic mass is 127. The van der Waals surface area contributed by atoms with Crippen LogP contribution in [0.5, 0.6) is 0 Å². The normalized spacial score (nSPS) is 12.2. The predicted octanol–water partition coefficient (Wildman–Crippen LogP) is 1.64. The number of hydrogen-bond donors (Lipinski definition) is 3. The van der Waals surface area contributed by atoms with Crippen molar-refractivity contribution in [2.45, 2.75) is 13.0 Å². The largest absolute Gasteiger partial charge is 0.392 e. The second kappa shape index (κ2) is 7.93. The fourth-order valence-electron chi connectivity index (χ4n) is 1.34. The second-order valence-electron chi connectivity index (χ2n) is 3.93. The van der Waals surface area contributed by atoms with Gasteiger partial charge in [0.05, 0.1) is 11.7 Å². The Labute approximate surface area is 125 Å². The van der Waals surface area contributed by atoms with Gasteiger partial charge in [0.1, 0.15) is 0 Å². The van der Waals surface area contributed by atoms with E-state index in [1.807, 2.05) is 6.07 Å². The number of aliphatic hydroxyl groups excluding tert-OH is 1. The molecule has 0 aromatic heterocycles. The quantitative estimate of drug-likeness (QED) is 0.518. The average molecular weight is 383 g/mol. The lowest BCUT2D eigenvalue weighted by Gasteiger charge is -2.09. The fraction of sp³-hybridized carbons (Fsp3) is 0.417. The van der Waals surface area contributed by atoms with Crippen molar-refractivity contribution in [1.29, 1.82) is 0 Å². The summed E-state index contributed by atoms with van der Waals surface area (Å²) in [4.78, 5) is 11.9. The summed E-state index contributed by atoms with van der Waals surface area (Å²) in [7, 11) is 0. The maximum Gasteiger partial charge on any atom is 0.252 e. The van der Waals surface area contributed by atoms with E-state index in [4.69, 9.17) is 16.7 Å². The molecule has 18 heavy (non-hydrogen) atoms. The molecule has 100 valence electrons. The molecule has 0 fully saturated rings. The highest BCUT2D eigenvalue weighted by molar-refractivity contribution is 14.1. The van der Waals surface area contributed by atoms with Crippen molar-refractivity contribution in [1.82, 2.24) is 10.6 Å². The third kappa shape index (κ3) is 5.51. The first-order chi connectivity index (χ1) is 8.50. The van der Waals surface area contributed by atoms with Crippen LogP contribution < -0.4 is 10.6 Å². The minimum atomic E-state index is -0.380. The molecular formula is C12H16ClIN2O2. The van der Waals surface area contributed by atoms with Crippen molar-refractivity contribution in [3.05, 3.63) is 32.4 Å². The van der Waals surface area contributed by atoms with Crippen LogP contribution in [-0.2, 0) is 0 Å². The molecule has 1 unspecified atom stereocenters. The summed E-state index contributed by atoms with van der Waals surface area (Å²) in [5.74, 6) is -0.138. The Kier molecular flexibility index (Phi) is 6.91. The monoisotopic (exact) mass is 382 g/mol. The molecule has 0 aliphatic carbocycles. The number of hydrogen-bond acceptors (Lipinski definition) is 3. The lowest BCUT2D eigenvalue weighted by molar-refractivity contribution is 0.0952. The van der Waals surface area contributed by atoms with Crippen LogP contribution in [0.15, 0.2) is 18.2 Å². The summed E-state index contributed by atoms with van der Waals surface area (Å²) in [6.45, 7) is 3.35. The van der Waals surface area contributed by atoms with Crippen LogP contribution in [0, 0.1) is 3.57 Å². The summed E-state index contributed by atoms with van der Waals surface area (Å²) in [5.41, 5.74) is 0.582. The molecule has 0 aliphatic heterocycles. The van der Waals surface area contributed by atoms with E-state index in [1.54, 1.807) is 19.1 Å². The van der Waals surface area contributed by atoms with Crippen molar-refractivity contribution >= 4 is 40.1 Å². The number of amides is 1. The van der Waals surface area contributed by atoms with Crippen LogP contribution in [0.1, 0.15) is 17.3 Å². The highest BCUT2D eigenvalue weighted by Crippen LogP contribution is 2.17. The molecule has 1 rings (SSSR count). The number of carbonyl (C=O) groups is 1. The standard InChI is InChI=1S/C12H16ClIN2O2/c1-8(17)7-15-4-5-16-12(18)10-6-9(13)2-3-11(10)14/h2-3,6,8,15,17H,4-5,7H2,1H3,(H,16,18). The Hall–Kier alpha value is -0.370. The molecule has 0 aliphatic rings. The maximum atomic E-state index is 11.9. The van der Waals surface area contributed by atoms with Crippen LogP contribution in [0.4, 0.5) is 0 Å². The molecule has 1 aromatic rings. The first-order valence-corrected chi connectivity index (χ1v) is 7.08. The molecule has 1 aromatic carbocycles. The summed E-state index contributed by atoms with van der Waals surface area (Å²) < 4.78 is 0.867. The average Bonchev–Trinajstić information content (AvgIpc) is 2.31. The van der Waals surface area contributed by atoms with Crippen molar-refractivity contribution in [2.24, 2.45) is 0 Å². The zero-order valence-electron chi connectivity index (χ0n) is 10.0. The number of benzene rings is 1. The van der Waals surface area contributed by atoms with Gasteiger partial charge in [-0.05, 0) is 47.7 Å². The van der Waals surface area contributed by atoms with Gasteiger partial charge in [-0.2, -0.15) is 0 Å². The van der Waals surface area contributed by atoms with Gasteiger partial charge >= 0.3 is 0 Å². The molecule has 0 saturated heterocycles. The van der Waals surface area contributed by atoms with Gasteiger partial charge in [-0.15, -0.1) is 0 Å². The van der Waals surface area contributed by atoms with Crippen LogP contribution in [-0.4, -0.2) is 36.8 Å². The van der Waals surface area contributed by atoms with Gasteiger partial charge in [0, 0.05) is 28.2 Å². The molecule has 0 spiro atoms. The number of carbonyl (C=O) groups excluding carboxylic acids is 1. The molecule has 1 amide bonds. The number of nitrogens with one attached hydrogen (secondary N) is 2. The molecule has 0 heterocycles. The zero-order chi connectivity index (χ0) is 13.5. The topological polar surface area (TPSA) is 61.4 Å². The Bertz CT molecular complexity index is 413. The van der Waals surface area contributed by atoms with Crippen LogP contribution in [0.3, 0.4) is 0 Å². The van der Waals surface area contributed by atoms with Crippen molar-refractivity contribution in [3.63, 3.8) is 0 Å². The van der Waals surface area contributed by atoms with E-state index in [9.17, 15) is 4.79 Å². The second-order valence-corrected chi connectivity index (χ2v) is 5.53. The first-order valence-electron chi connectivity index (χ1n) is 5.62. The van der Waals surface area contributed by atoms with Gasteiger partial charge in [-0.25, -0.2) is 0 Å². The van der Waals surface area contributed by atoms with Crippen molar-refractivity contribution < 1.29 is 9.90 Å². The fourth-order valence-corrected chi connectivity index (χ4v) is 2.09. The molecule has 4 nitrogen and oxygen atoms in total. The zero-order valence-corrected chi connectivity index (χ0v) is 13.0. The van der Waals surface area contributed by atoms with E-state index in [-0.39, 0.29) is 12.0 Å². The van der Waals surface area contributed by atoms with Gasteiger partial charge < -0.3 is 15.7 Å². The third-order valence-corrected chi connectivity index (χ3v) is 3.38. The lowest BCUT2D eigenvalue weighted by atomic mass is 10.2. The molecular weight excluding hydrogens is 367 g/mol. The van der Waals surface area contributed by atoms with Crippen LogP contribution in [0.25, 0.3) is 0 Å². The smallest absolute Gasteiger partial charge is 0.252 e. The summed E-state index contributed by atoms with van der Waals surface area (Å²) in [6.07, 6.45) is -0.380. The third-order valence-electron chi connectivity index (χ3n) is 2.20. The molecule has 0 radical (unpaired) electrons. The molecule has 6 heteroatoms. The Morgan fingerprint density at radius 2 is 2.22 bits per heavy atom. The Morgan fingerprint density at radius 3 is 2.89 bits per heavy atom. The van der Waals surface area contributed by atoms with Gasteiger partial charge in [-0.3, -0.25) is 4.79 Å². The summed E-state index contributed by atoms with van der Waals surface area (Å²) in [5, 5.41) is 15.4. The van der Waals surface area contributed by atoms with Crippen LogP contribution in [0.2, 0.25) is 5.02 Å². The number of aliphatic hydroxyl groups is 1. The maximum absolute atomic E-state index is 11.9. The minimum Gasteiger partial charge on any atom is -0.392 e. The summed E-state index contributed by atoms with van der Waals surface area (Å²) >= 11 is 7.96. The molecule has 3 N–H and O–H groups in total. The van der Waals surface area contributed by atoms with E-state index in [0.29, 0.717) is 30.2 Å². The minimum absolute atomic E-state index is 0.138. The van der Waals surface area contributed by atoms with E-state index in [2.05, 4.69) is 33.2 Å². The van der Waals surface area contributed by atoms with E-state index >= 15 is 0 Å². The molecule has 1 atom stereocenters. The van der Waals surface area contributed by atoms with E-state index < -0.39 is 0 Å². The SMILES string of the molecule is CC(O)CNCCNC(=O)c1cc(Cl)ccc1I. The Morgan fingerprint density at radius 1 is 1.50 bits per heavy atom. The molecule has 0 bridgehead atoms. The van der Waals surface area contributed by atoms with E-state index in [1.165, 1.54) is 0 Å². The van der Waals surface area contributed by atoms with Gasteiger partial charge in [0.2, 0.25) is 0 Å². The molecule has 0 saturated carbocycles. The first kappa shape index (κ1) is 15.7. The van der Waals surface area contributed by atoms with Gasteiger partial charge in [-0.1, -0.05) is 11.6 Å². The van der Waals surface area contributed by atoms with Crippen molar-refractivity contribution in [2.75, 3.05) is 19.6 Å².